The lowest BCUT2D eigenvalue weighted by Gasteiger charge is -2.35. The van der Waals surface area contributed by atoms with E-state index in [-0.39, 0.29) is 0 Å². The van der Waals surface area contributed by atoms with Crippen LogP contribution >= 0.6 is 23.5 Å². The second-order valence-electron chi connectivity index (χ2n) is 9.84. The summed E-state index contributed by atoms with van der Waals surface area (Å²) in [6.45, 7) is 5.16. The van der Waals surface area contributed by atoms with E-state index in [9.17, 15) is 0 Å². The van der Waals surface area contributed by atoms with Gasteiger partial charge in [-0.1, -0.05) is 52.6 Å². The molecule has 0 unspecified atom stereocenters. The first kappa shape index (κ1) is 20.4. The first-order valence-corrected chi connectivity index (χ1v) is 14.2. The smallest absolute Gasteiger partial charge is 0.247 e. The van der Waals surface area contributed by atoms with Crippen molar-refractivity contribution in [3.63, 3.8) is 0 Å². The summed E-state index contributed by atoms with van der Waals surface area (Å²) < 4.78 is 0. The molecule has 0 aliphatic carbocycles. The Balaban J connectivity index is 1.32. The molecule has 0 atom stereocenters. The number of benzene rings is 3. The van der Waals surface area contributed by atoms with Gasteiger partial charge in [-0.15, -0.1) is 0 Å². The maximum Gasteiger partial charge on any atom is 0.247 e. The lowest BCUT2D eigenvalue weighted by atomic mass is 9.36. The van der Waals surface area contributed by atoms with Crippen molar-refractivity contribution in [2.75, 3.05) is 36.0 Å². The Morgan fingerprint density at radius 2 is 1.03 bits per heavy atom. The second-order valence-corrected chi connectivity index (χ2v) is 12.0. The molecule has 0 spiro atoms. The molecule has 4 heterocycles. The van der Waals surface area contributed by atoms with Crippen LogP contribution in [0.1, 0.15) is 38.5 Å². The van der Waals surface area contributed by atoms with Crippen molar-refractivity contribution >= 4 is 58.0 Å². The molecule has 0 bridgehead atoms. The lowest BCUT2D eigenvalue weighted by molar-refractivity contribution is 0.577. The third kappa shape index (κ3) is 3.50. The van der Waals surface area contributed by atoms with Crippen LogP contribution in [0.3, 0.4) is 0 Å². The lowest BCUT2D eigenvalue weighted by Crippen LogP contribution is -2.58. The highest BCUT2D eigenvalue weighted by atomic mass is 32.2. The highest BCUT2D eigenvalue weighted by Gasteiger charge is 2.38. The molecule has 166 valence electrons. The molecule has 7 rings (SSSR count). The minimum atomic E-state index is 0.356. The van der Waals surface area contributed by atoms with E-state index < -0.39 is 0 Å². The molecular formula is C28H29BN2S2. The maximum absolute atomic E-state index is 2.59. The van der Waals surface area contributed by atoms with Crippen LogP contribution in [0.25, 0.3) is 0 Å². The summed E-state index contributed by atoms with van der Waals surface area (Å²) in [5.41, 5.74) is 7.34. The Bertz CT molecular complexity index is 1120. The van der Waals surface area contributed by atoms with Gasteiger partial charge in [0.1, 0.15) is 0 Å². The quantitative estimate of drug-likeness (QED) is 0.332. The summed E-state index contributed by atoms with van der Waals surface area (Å²) in [7, 11) is 0. The molecule has 0 N–H and O–H groups in total. The number of hydrogen-bond donors (Lipinski definition) is 0. The van der Waals surface area contributed by atoms with Gasteiger partial charge in [-0.2, -0.15) is 0 Å². The van der Waals surface area contributed by atoms with Gasteiger partial charge in [0.05, 0.1) is 0 Å². The van der Waals surface area contributed by atoms with Gasteiger partial charge >= 0.3 is 0 Å². The molecule has 0 amide bonds. The molecule has 2 saturated heterocycles. The number of hydrogen-bond acceptors (Lipinski definition) is 4. The normalized spacial score (nSPS) is 19.1. The van der Waals surface area contributed by atoms with Crippen molar-refractivity contribution < 1.29 is 0 Å². The fourth-order valence-electron chi connectivity index (χ4n) is 6.10. The fraction of sp³-hybridized carbons (Fsp3) is 0.357. The molecule has 3 aromatic rings. The standard InChI is InChI=1S/C28H29BN2S2/c1-3-14-30(15-4-1)20-10-12-22-26(18-20)32-24-8-7-9-25-28(24)29(22)23-13-11-21(19-27(23)33-25)31-16-5-2-6-17-31/h7-13,18-19H,1-6,14-17H2. The van der Waals surface area contributed by atoms with Crippen LogP contribution in [-0.2, 0) is 0 Å². The molecule has 0 radical (unpaired) electrons. The number of anilines is 2. The fourth-order valence-corrected chi connectivity index (χ4v) is 8.57. The number of rotatable bonds is 2. The number of fused-ring (bicyclic) bond motifs is 4. The third-order valence-corrected chi connectivity index (χ3v) is 10.1. The summed E-state index contributed by atoms with van der Waals surface area (Å²) in [6, 6.07) is 21.5. The molecule has 0 aromatic heterocycles. The van der Waals surface area contributed by atoms with Gasteiger partial charge in [0.2, 0.25) is 6.71 Å². The van der Waals surface area contributed by atoms with Crippen molar-refractivity contribution in [1.82, 2.24) is 0 Å². The summed E-state index contributed by atoms with van der Waals surface area (Å²) >= 11 is 3.96. The van der Waals surface area contributed by atoms with Gasteiger partial charge in [0.15, 0.2) is 0 Å². The van der Waals surface area contributed by atoms with E-state index in [4.69, 9.17) is 0 Å². The van der Waals surface area contributed by atoms with E-state index in [0.717, 1.165) is 0 Å². The Morgan fingerprint density at radius 1 is 0.545 bits per heavy atom. The van der Waals surface area contributed by atoms with Gasteiger partial charge in [0, 0.05) is 57.1 Å². The molecule has 4 aliphatic heterocycles. The van der Waals surface area contributed by atoms with Crippen molar-refractivity contribution in [1.29, 1.82) is 0 Å². The molecule has 5 heteroatoms. The van der Waals surface area contributed by atoms with Crippen LogP contribution in [0.4, 0.5) is 11.4 Å². The summed E-state index contributed by atoms with van der Waals surface area (Å²) in [6.07, 6.45) is 8.04. The van der Waals surface area contributed by atoms with E-state index in [1.807, 2.05) is 23.5 Å². The average Bonchev–Trinajstić information content (AvgIpc) is 2.89. The minimum absolute atomic E-state index is 0.356. The third-order valence-electron chi connectivity index (χ3n) is 7.81. The number of piperidine rings is 2. The van der Waals surface area contributed by atoms with E-state index in [1.54, 1.807) is 0 Å². The molecular weight excluding hydrogens is 439 g/mol. The zero-order valence-electron chi connectivity index (χ0n) is 19.1. The predicted octanol–water partition coefficient (Wildman–Crippen LogP) is 5.11. The van der Waals surface area contributed by atoms with Gasteiger partial charge in [-0.3, -0.25) is 0 Å². The highest BCUT2D eigenvalue weighted by Crippen LogP contribution is 2.40. The van der Waals surface area contributed by atoms with E-state index in [2.05, 4.69) is 64.4 Å². The molecule has 33 heavy (non-hydrogen) atoms. The summed E-state index contributed by atoms with van der Waals surface area (Å²) in [5, 5.41) is 0. The largest absolute Gasteiger partial charge is 0.372 e. The van der Waals surface area contributed by atoms with Crippen LogP contribution in [-0.4, -0.2) is 32.9 Å². The predicted molar refractivity (Wildman–Crippen MR) is 144 cm³/mol. The van der Waals surface area contributed by atoms with Gasteiger partial charge in [-0.05, 0) is 80.4 Å². The summed E-state index contributed by atoms with van der Waals surface area (Å²) in [4.78, 5) is 11.0. The highest BCUT2D eigenvalue weighted by molar-refractivity contribution is 8.01. The number of nitrogens with zero attached hydrogens (tertiary/aromatic N) is 2. The van der Waals surface area contributed by atoms with Crippen LogP contribution < -0.4 is 26.2 Å². The van der Waals surface area contributed by atoms with Crippen LogP contribution in [0.5, 0.6) is 0 Å². The first-order chi connectivity index (χ1) is 16.3. The molecule has 2 fully saturated rings. The van der Waals surface area contributed by atoms with Crippen molar-refractivity contribution in [3.8, 4) is 0 Å². The van der Waals surface area contributed by atoms with Crippen molar-refractivity contribution in [3.05, 3.63) is 54.6 Å². The van der Waals surface area contributed by atoms with Crippen LogP contribution in [0.15, 0.2) is 74.2 Å². The van der Waals surface area contributed by atoms with Gasteiger partial charge in [0.25, 0.3) is 0 Å². The van der Waals surface area contributed by atoms with Gasteiger partial charge in [-0.25, -0.2) is 0 Å². The summed E-state index contributed by atoms with van der Waals surface area (Å²) in [5.74, 6) is 0. The van der Waals surface area contributed by atoms with Crippen LogP contribution in [0.2, 0.25) is 0 Å². The van der Waals surface area contributed by atoms with E-state index in [0.29, 0.717) is 6.71 Å². The van der Waals surface area contributed by atoms with Crippen LogP contribution in [0, 0.1) is 0 Å². The molecule has 0 saturated carbocycles. The van der Waals surface area contributed by atoms with Crippen molar-refractivity contribution in [2.24, 2.45) is 0 Å². The zero-order chi connectivity index (χ0) is 21.8. The van der Waals surface area contributed by atoms with E-state index >= 15 is 0 Å². The topological polar surface area (TPSA) is 6.48 Å². The molecule has 4 aliphatic rings. The monoisotopic (exact) mass is 468 g/mol. The second kappa shape index (κ2) is 8.35. The molecule has 3 aromatic carbocycles. The Hall–Kier alpha value is -1.98. The first-order valence-electron chi connectivity index (χ1n) is 12.6. The Labute approximate surface area is 206 Å². The average molecular weight is 469 g/mol. The van der Waals surface area contributed by atoms with E-state index in [1.165, 1.54) is 112 Å². The Kier molecular flexibility index (Phi) is 5.17. The molecule has 2 nitrogen and oxygen atoms in total. The SMILES string of the molecule is c1cc2c3c(c1)Sc1cc(N4CCCCC4)ccc1B3c1ccc(N3CCCCC3)cc1S2. The maximum atomic E-state index is 2.59. The Morgan fingerprint density at radius 3 is 1.52 bits per heavy atom. The minimum Gasteiger partial charge on any atom is -0.372 e. The van der Waals surface area contributed by atoms with Gasteiger partial charge < -0.3 is 9.80 Å². The zero-order valence-corrected chi connectivity index (χ0v) is 20.7. The van der Waals surface area contributed by atoms with Crippen molar-refractivity contribution in [2.45, 2.75) is 58.1 Å².